The molecule has 104 valence electrons. The van der Waals surface area contributed by atoms with Crippen LogP contribution in [0.5, 0.6) is 0 Å². The van der Waals surface area contributed by atoms with Gasteiger partial charge in [-0.15, -0.1) is 5.10 Å². The molecule has 0 radical (unpaired) electrons. The molecule has 1 aromatic carbocycles. The summed E-state index contributed by atoms with van der Waals surface area (Å²) >= 11 is 0.933. The van der Waals surface area contributed by atoms with E-state index in [1.54, 1.807) is 0 Å². The summed E-state index contributed by atoms with van der Waals surface area (Å²) in [5.41, 5.74) is 4.09. The van der Waals surface area contributed by atoms with Crippen LogP contribution in [0.15, 0.2) is 42.0 Å². The fraction of sp³-hybridized carbons (Fsp3) is 0.154. The molecule has 0 spiro atoms. The molecule has 1 aromatic rings. The van der Waals surface area contributed by atoms with Crippen molar-refractivity contribution in [1.29, 1.82) is 0 Å². The van der Waals surface area contributed by atoms with Gasteiger partial charge in [0.15, 0.2) is 5.17 Å². The number of hydrazone groups is 1. The van der Waals surface area contributed by atoms with Gasteiger partial charge in [-0.2, -0.15) is 0 Å². The predicted molar refractivity (Wildman–Crippen MR) is 75.2 cm³/mol. The number of amides is 1. The van der Waals surface area contributed by atoms with Gasteiger partial charge in [-0.3, -0.25) is 10.2 Å². The van der Waals surface area contributed by atoms with Crippen molar-refractivity contribution in [2.45, 2.75) is 11.7 Å². The van der Waals surface area contributed by atoms with Gasteiger partial charge in [-0.25, -0.2) is 0 Å². The van der Waals surface area contributed by atoms with E-state index in [0.717, 1.165) is 17.3 Å². The lowest BCUT2D eigenvalue weighted by atomic mass is 10.2. The number of benzene rings is 1. The number of carbonyl (C=O) groups is 2. The summed E-state index contributed by atoms with van der Waals surface area (Å²) in [5, 5.41) is 16.5. The lowest BCUT2D eigenvalue weighted by molar-refractivity contribution is -0.304. The minimum Gasteiger partial charge on any atom is -0.549 e. The Morgan fingerprint density at radius 1 is 1.45 bits per heavy atom. The van der Waals surface area contributed by atoms with E-state index < -0.39 is 17.1 Å². The van der Waals surface area contributed by atoms with Crippen molar-refractivity contribution in [2.75, 3.05) is 0 Å². The van der Waals surface area contributed by atoms with Crippen LogP contribution in [-0.2, 0) is 9.59 Å². The molecule has 0 bridgehead atoms. The fourth-order valence-electron chi connectivity index (χ4n) is 1.55. The number of nitrogens with one attached hydrogen (secondary N) is 2. The average molecular weight is 290 g/mol. The van der Waals surface area contributed by atoms with Crippen LogP contribution in [0, 0.1) is 0 Å². The Balaban J connectivity index is 2.02. The van der Waals surface area contributed by atoms with Gasteiger partial charge in [-0.05, 0) is 5.56 Å². The molecule has 6 nitrogen and oxygen atoms in total. The van der Waals surface area contributed by atoms with Crippen LogP contribution < -0.4 is 15.8 Å². The third-order valence-electron chi connectivity index (χ3n) is 2.55. The Morgan fingerprint density at radius 3 is 2.80 bits per heavy atom. The highest BCUT2D eigenvalue weighted by Crippen LogP contribution is 2.19. The number of hydrogen-bond donors (Lipinski definition) is 2. The molecule has 1 unspecified atom stereocenters. The van der Waals surface area contributed by atoms with Gasteiger partial charge in [-0.1, -0.05) is 48.7 Å². The van der Waals surface area contributed by atoms with Gasteiger partial charge in [0.2, 0.25) is 5.91 Å². The molecule has 1 aliphatic rings. The number of carbonyl (C=O) groups excluding carboxylic acids is 2. The lowest BCUT2D eigenvalue weighted by Gasteiger charge is -2.23. The average Bonchev–Trinajstić information content (AvgIpc) is 2.45. The van der Waals surface area contributed by atoms with Gasteiger partial charge in [0.1, 0.15) is 0 Å². The number of aliphatic carboxylic acids is 1. The number of thioether (sulfide) groups is 1. The first kappa shape index (κ1) is 14.1. The Kier molecular flexibility index (Phi) is 4.41. The van der Waals surface area contributed by atoms with Gasteiger partial charge in [0.05, 0.1) is 16.9 Å². The standard InChI is InChI=1S/C13H13N3O3S/c1-8(9-5-3-2-4-6-9)15-16-13-14-11(17)7-10(20-13)12(18)19/h2-6,10,15H,1,7H2,(H,18,19)(H,14,16,17)/p-1. The number of rotatable bonds is 4. The van der Waals surface area contributed by atoms with Crippen LogP contribution in [0.2, 0.25) is 0 Å². The van der Waals surface area contributed by atoms with Crippen molar-refractivity contribution in [2.24, 2.45) is 5.10 Å². The third kappa shape index (κ3) is 3.61. The zero-order valence-electron chi connectivity index (χ0n) is 10.5. The maximum atomic E-state index is 11.4. The Morgan fingerprint density at radius 2 is 2.15 bits per heavy atom. The van der Waals surface area contributed by atoms with Crippen LogP contribution in [-0.4, -0.2) is 22.3 Å². The van der Waals surface area contributed by atoms with Crippen LogP contribution >= 0.6 is 11.8 Å². The lowest BCUT2D eigenvalue weighted by Crippen LogP contribution is -2.45. The Labute approximate surface area is 119 Å². The summed E-state index contributed by atoms with van der Waals surface area (Å²) < 4.78 is 0. The topological polar surface area (TPSA) is 93.6 Å². The van der Waals surface area contributed by atoms with E-state index in [2.05, 4.69) is 22.4 Å². The molecule has 1 amide bonds. The van der Waals surface area contributed by atoms with Crippen molar-refractivity contribution in [3.05, 3.63) is 42.5 Å². The highest BCUT2D eigenvalue weighted by Gasteiger charge is 2.25. The van der Waals surface area contributed by atoms with Crippen molar-refractivity contribution >= 4 is 34.5 Å². The summed E-state index contributed by atoms with van der Waals surface area (Å²) in [6.45, 7) is 3.81. The second kappa shape index (κ2) is 6.25. The molecule has 1 atom stereocenters. The minimum atomic E-state index is -1.28. The number of nitrogens with zero attached hydrogens (tertiary/aromatic N) is 1. The summed E-state index contributed by atoms with van der Waals surface area (Å²) in [7, 11) is 0. The van der Waals surface area contributed by atoms with Crippen LogP contribution in [0.25, 0.3) is 5.70 Å². The molecule has 1 fully saturated rings. The van der Waals surface area contributed by atoms with Gasteiger partial charge in [0.25, 0.3) is 0 Å². The van der Waals surface area contributed by atoms with E-state index in [9.17, 15) is 14.7 Å². The number of carboxylic acid groups (broad SMARTS) is 1. The summed E-state index contributed by atoms with van der Waals surface area (Å²) in [6.07, 6.45) is -0.119. The van der Waals surface area contributed by atoms with E-state index in [-0.39, 0.29) is 11.6 Å². The van der Waals surface area contributed by atoms with E-state index >= 15 is 0 Å². The van der Waals surface area contributed by atoms with Crippen LogP contribution in [0.4, 0.5) is 0 Å². The van der Waals surface area contributed by atoms with Gasteiger partial charge < -0.3 is 15.2 Å². The number of amidine groups is 1. The van der Waals surface area contributed by atoms with Crippen molar-refractivity contribution in [3.8, 4) is 0 Å². The smallest absolute Gasteiger partial charge is 0.227 e. The maximum Gasteiger partial charge on any atom is 0.227 e. The second-order valence-corrected chi connectivity index (χ2v) is 5.24. The largest absolute Gasteiger partial charge is 0.549 e. The molecule has 7 heteroatoms. The predicted octanol–water partition coefficient (Wildman–Crippen LogP) is -0.111. The highest BCUT2D eigenvalue weighted by atomic mass is 32.2. The first-order chi connectivity index (χ1) is 9.56. The molecule has 20 heavy (non-hydrogen) atoms. The van der Waals surface area contributed by atoms with Gasteiger partial charge in [0, 0.05) is 6.42 Å². The van der Waals surface area contributed by atoms with Crippen molar-refractivity contribution in [1.82, 2.24) is 10.7 Å². The summed E-state index contributed by atoms with van der Waals surface area (Å²) in [4.78, 5) is 22.2. The zero-order valence-corrected chi connectivity index (χ0v) is 11.3. The van der Waals surface area contributed by atoms with Crippen molar-refractivity contribution in [3.63, 3.8) is 0 Å². The second-order valence-electron chi connectivity index (χ2n) is 4.05. The SMILES string of the molecule is C=C(N/N=C1\NC(=O)CC(C(=O)[O-])S1)c1ccccc1. The molecule has 0 aliphatic carbocycles. The summed E-state index contributed by atoms with van der Waals surface area (Å²) in [6, 6.07) is 9.31. The minimum absolute atomic E-state index is 0.119. The van der Waals surface area contributed by atoms with Crippen molar-refractivity contribution < 1.29 is 14.7 Å². The Bertz CT molecular complexity index is 571. The number of hydrogen-bond acceptors (Lipinski definition) is 6. The molecule has 2 N–H and O–H groups in total. The molecule has 0 saturated carbocycles. The molecular formula is C13H12N3O3S-. The maximum absolute atomic E-state index is 11.4. The van der Waals surface area contributed by atoms with Gasteiger partial charge >= 0.3 is 0 Å². The van der Waals surface area contributed by atoms with E-state index in [4.69, 9.17) is 0 Å². The van der Waals surface area contributed by atoms with E-state index in [1.165, 1.54) is 0 Å². The molecular weight excluding hydrogens is 278 g/mol. The molecule has 2 rings (SSSR count). The first-order valence-corrected chi connectivity index (χ1v) is 6.69. The van der Waals surface area contributed by atoms with E-state index in [0.29, 0.717) is 5.70 Å². The zero-order chi connectivity index (χ0) is 14.5. The normalized spacial score (nSPS) is 20.3. The summed E-state index contributed by atoms with van der Waals surface area (Å²) in [5.74, 6) is -1.68. The third-order valence-corrected chi connectivity index (χ3v) is 3.61. The quantitative estimate of drug-likeness (QED) is 0.755. The molecule has 1 aliphatic heterocycles. The molecule has 0 aromatic heterocycles. The monoisotopic (exact) mass is 290 g/mol. The van der Waals surface area contributed by atoms with Crippen LogP contribution in [0.3, 0.4) is 0 Å². The fourth-order valence-corrected chi connectivity index (χ4v) is 2.42. The number of carboxylic acids is 1. The Hall–Kier alpha value is -2.28. The van der Waals surface area contributed by atoms with Crippen LogP contribution in [0.1, 0.15) is 12.0 Å². The first-order valence-electron chi connectivity index (χ1n) is 5.81. The molecule has 1 saturated heterocycles. The molecule has 1 heterocycles. The van der Waals surface area contributed by atoms with E-state index in [1.807, 2.05) is 30.3 Å². The highest BCUT2D eigenvalue weighted by molar-refractivity contribution is 8.15.